The summed E-state index contributed by atoms with van der Waals surface area (Å²) in [5.74, 6) is 1.45. The first-order chi connectivity index (χ1) is 17.1. The van der Waals surface area contributed by atoms with E-state index >= 15 is 0 Å². The Morgan fingerprint density at radius 2 is 1.34 bits per heavy atom. The summed E-state index contributed by atoms with van der Waals surface area (Å²) in [6.07, 6.45) is -0.143. The first-order valence-electron chi connectivity index (χ1n) is 12.3. The third-order valence-electron chi connectivity index (χ3n) is 4.61. The van der Waals surface area contributed by atoms with E-state index in [2.05, 4.69) is 57.1 Å². The van der Waals surface area contributed by atoms with Crippen molar-refractivity contribution in [3.63, 3.8) is 0 Å². The number of benzene rings is 3. The van der Waals surface area contributed by atoms with Crippen molar-refractivity contribution in [2.75, 3.05) is 11.1 Å². The van der Waals surface area contributed by atoms with Gasteiger partial charge < -0.3 is 15.8 Å². The van der Waals surface area contributed by atoms with Crippen molar-refractivity contribution in [3.8, 4) is 17.1 Å². The van der Waals surface area contributed by atoms with Gasteiger partial charge in [-0.05, 0) is 31.2 Å². The van der Waals surface area contributed by atoms with Crippen molar-refractivity contribution < 1.29 is 4.74 Å². The minimum atomic E-state index is -0.143. The van der Waals surface area contributed by atoms with Gasteiger partial charge in [-0.25, -0.2) is 0 Å². The summed E-state index contributed by atoms with van der Waals surface area (Å²) in [6.45, 7) is 16.1. The normalized spacial score (nSPS) is 12.3. The fourth-order valence-electron chi connectivity index (χ4n) is 2.97. The predicted molar refractivity (Wildman–Crippen MR) is 147 cm³/mol. The van der Waals surface area contributed by atoms with Crippen LogP contribution in [0.1, 0.15) is 64.5 Å². The maximum absolute atomic E-state index is 5.89. The van der Waals surface area contributed by atoms with Gasteiger partial charge in [0.25, 0.3) is 0 Å². The molecule has 2 heterocycles. The Morgan fingerprint density at radius 1 is 0.771 bits per heavy atom. The number of aromatic nitrogens is 4. The van der Waals surface area contributed by atoms with Crippen LogP contribution in [-0.4, -0.2) is 20.6 Å². The highest BCUT2D eigenvalue weighted by molar-refractivity contribution is 5.75. The van der Waals surface area contributed by atoms with Crippen LogP contribution in [0.5, 0.6) is 5.75 Å². The molecule has 3 aromatic carbocycles. The van der Waals surface area contributed by atoms with E-state index in [-0.39, 0.29) is 6.23 Å². The molecule has 1 aliphatic heterocycles. The molecule has 0 bridgehead atoms. The lowest BCUT2D eigenvalue weighted by Crippen LogP contribution is -2.10. The van der Waals surface area contributed by atoms with Gasteiger partial charge in [-0.1, -0.05) is 107 Å². The van der Waals surface area contributed by atoms with Gasteiger partial charge in [0.05, 0.1) is 5.69 Å². The molecule has 0 aliphatic carbocycles. The molecule has 4 N–H and O–H groups in total. The Labute approximate surface area is 210 Å². The molecule has 1 unspecified atom stereocenters. The first kappa shape index (κ1) is 29.2. The van der Waals surface area contributed by atoms with Gasteiger partial charge in [-0.15, -0.1) is 10.2 Å². The standard InChI is InChI=1S/C14H14N2O.C8H8N4.3C2H6/c1-9-5-7-10(8-6-9)14-16-13-11(15)3-2-4-12(13)17-14;1-6-2-4-7(5-3-6)8-9-11-12-10-8;3*1-2/h2-8,14,16H,15H2,1H3;2-5H,1H3,(H,9,10,11,12);3*1-2H3. The van der Waals surface area contributed by atoms with Gasteiger partial charge in [-0.3, -0.25) is 0 Å². The quantitative estimate of drug-likeness (QED) is 0.262. The minimum Gasteiger partial charge on any atom is -0.464 e. The van der Waals surface area contributed by atoms with Gasteiger partial charge >= 0.3 is 0 Å². The van der Waals surface area contributed by atoms with Crippen LogP contribution in [0.15, 0.2) is 66.7 Å². The van der Waals surface area contributed by atoms with Crippen LogP contribution < -0.4 is 15.8 Å². The van der Waals surface area contributed by atoms with E-state index in [0.717, 1.165) is 28.3 Å². The smallest absolute Gasteiger partial charge is 0.204 e. The van der Waals surface area contributed by atoms with Crippen LogP contribution in [0.3, 0.4) is 0 Å². The zero-order valence-corrected chi connectivity index (χ0v) is 22.3. The third kappa shape index (κ3) is 8.45. The number of nitrogen functional groups attached to an aromatic ring is 1. The zero-order valence-electron chi connectivity index (χ0n) is 22.3. The van der Waals surface area contributed by atoms with Crippen molar-refractivity contribution >= 4 is 11.4 Å². The number of aryl methyl sites for hydroxylation is 2. The number of nitrogens with two attached hydrogens (primary N) is 1. The first-order valence-corrected chi connectivity index (χ1v) is 12.3. The Hall–Kier alpha value is -3.87. The highest BCUT2D eigenvalue weighted by Crippen LogP contribution is 2.41. The van der Waals surface area contributed by atoms with E-state index in [1.54, 1.807) is 0 Å². The number of nitrogens with one attached hydrogen (secondary N) is 2. The summed E-state index contributed by atoms with van der Waals surface area (Å²) in [4.78, 5) is 0. The highest BCUT2D eigenvalue weighted by atomic mass is 16.5. The number of para-hydroxylation sites is 1. The van der Waals surface area contributed by atoms with E-state index in [4.69, 9.17) is 10.5 Å². The molecule has 0 saturated heterocycles. The molecule has 0 spiro atoms. The average molecular weight is 477 g/mol. The van der Waals surface area contributed by atoms with Crippen LogP contribution in [0.2, 0.25) is 0 Å². The summed E-state index contributed by atoms with van der Waals surface area (Å²) in [6, 6.07) is 22.0. The number of nitrogens with zero attached hydrogens (tertiary/aromatic N) is 3. The van der Waals surface area contributed by atoms with E-state index in [9.17, 15) is 0 Å². The number of tetrazole rings is 1. The number of aromatic amines is 1. The summed E-state index contributed by atoms with van der Waals surface area (Å²) < 4.78 is 5.82. The van der Waals surface area contributed by atoms with Gasteiger partial charge in [0.1, 0.15) is 11.4 Å². The van der Waals surface area contributed by atoms with Crippen LogP contribution in [0, 0.1) is 13.8 Å². The fourth-order valence-corrected chi connectivity index (χ4v) is 2.97. The van der Waals surface area contributed by atoms with E-state index in [0.29, 0.717) is 5.82 Å². The van der Waals surface area contributed by atoms with Gasteiger partial charge in [-0.2, -0.15) is 5.21 Å². The van der Waals surface area contributed by atoms with Crippen LogP contribution in [0.25, 0.3) is 11.4 Å². The zero-order chi connectivity index (χ0) is 26.2. The lowest BCUT2D eigenvalue weighted by atomic mass is 10.1. The molecule has 0 saturated carbocycles. The monoisotopic (exact) mass is 476 g/mol. The Bertz CT molecular complexity index is 1080. The van der Waals surface area contributed by atoms with Crippen LogP contribution in [-0.2, 0) is 0 Å². The summed E-state index contributed by atoms with van der Waals surface area (Å²) in [5, 5.41) is 16.9. The molecule has 7 nitrogen and oxygen atoms in total. The lowest BCUT2D eigenvalue weighted by Gasteiger charge is -2.11. The molecule has 7 heteroatoms. The molecule has 5 rings (SSSR count). The van der Waals surface area contributed by atoms with Crippen LogP contribution >= 0.6 is 0 Å². The molecular formula is C28H40N6O. The second-order valence-corrected chi connectivity index (χ2v) is 6.87. The Balaban J connectivity index is 0.000000300. The Morgan fingerprint density at radius 3 is 1.86 bits per heavy atom. The topological polar surface area (TPSA) is 102 Å². The molecule has 188 valence electrons. The SMILES string of the molecule is CC.CC.CC.Cc1ccc(-c2nn[nH]n2)cc1.Cc1ccc(C2Nc3c(N)cccc3O2)cc1. The van der Waals surface area contributed by atoms with Gasteiger partial charge in [0.15, 0.2) is 6.23 Å². The number of hydrogen-bond donors (Lipinski definition) is 3. The van der Waals surface area contributed by atoms with Crippen molar-refractivity contribution in [1.29, 1.82) is 0 Å². The molecule has 4 aromatic rings. The van der Waals surface area contributed by atoms with Gasteiger partial charge in [0, 0.05) is 11.1 Å². The van der Waals surface area contributed by atoms with Gasteiger partial charge in [0.2, 0.25) is 5.82 Å². The second kappa shape index (κ2) is 15.9. The molecule has 1 aliphatic rings. The van der Waals surface area contributed by atoms with E-state index in [1.807, 2.05) is 90.9 Å². The number of ether oxygens (including phenoxy) is 1. The van der Waals surface area contributed by atoms with Crippen molar-refractivity contribution in [1.82, 2.24) is 20.6 Å². The van der Waals surface area contributed by atoms with Crippen molar-refractivity contribution in [2.45, 2.75) is 61.6 Å². The molecule has 0 fully saturated rings. The average Bonchev–Trinajstić information content (AvgIpc) is 3.61. The second-order valence-electron chi connectivity index (χ2n) is 6.87. The van der Waals surface area contributed by atoms with E-state index in [1.165, 1.54) is 11.1 Å². The number of H-pyrrole nitrogens is 1. The number of hydrogen-bond acceptors (Lipinski definition) is 6. The lowest BCUT2D eigenvalue weighted by molar-refractivity contribution is 0.260. The Kier molecular flexibility index (Phi) is 13.2. The maximum atomic E-state index is 5.89. The molecular weight excluding hydrogens is 436 g/mol. The summed E-state index contributed by atoms with van der Waals surface area (Å²) >= 11 is 0. The van der Waals surface area contributed by atoms with E-state index < -0.39 is 0 Å². The summed E-state index contributed by atoms with van der Waals surface area (Å²) in [5.41, 5.74) is 12.0. The van der Waals surface area contributed by atoms with Crippen molar-refractivity contribution in [3.05, 3.63) is 83.4 Å². The molecule has 35 heavy (non-hydrogen) atoms. The fraction of sp³-hybridized carbons (Fsp3) is 0.321. The van der Waals surface area contributed by atoms with Crippen molar-refractivity contribution in [2.24, 2.45) is 0 Å². The molecule has 0 amide bonds. The third-order valence-corrected chi connectivity index (χ3v) is 4.61. The molecule has 0 radical (unpaired) electrons. The maximum Gasteiger partial charge on any atom is 0.204 e. The summed E-state index contributed by atoms with van der Waals surface area (Å²) in [7, 11) is 0. The molecule has 1 atom stereocenters. The van der Waals surface area contributed by atoms with Crippen LogP contribution in [0.4, 0.5) is 11.4 Å². The number of anilines is 2. The molecule has 1 aromatic heterocycles. The number of rotatable bonds is 2. The minimum absolute atomic E-state index is 0.143. The number of fused-ring (bicyclic) bond motifs is 1. The predicted octanol–water partition coefficient (Wildman–Crippen LogP) is 7.33. The highest BCUT2D eigenvalue weighted by Gasteiger charge is 2.24. The largest absolute Gasteiger partial charge is 0.464 e.